The molecule has 4 fully saturated rings. The Hall–Kier alpha value is -0.0400. The minimum atomic E-state index is 1.06. The molecule has 0 N–H and O–H groups in total. The van der Waals surface area contributed by atoms with Crippen molar-refractivity contribution in [1.29, 1.82) is 0 Å². The normalized spacial score (nSPS) is 33.5. The van der Waals surface area contributed by atoms with Crippen molar-refractivity contribution in [2.75, 3.05) is 19.6 Å². The van der Waals surface area contributed by atoms with E-state index in [0.717, 1.165) is 29.6 Å². The van der Waals surface area contributed by atoms with Crippen LogP contribution in [0.2, 0.25) is 0 Å². The first-order valence-corrected chi connectivity index (χ1v) is 11.6. The lowest BCUT2D eigenvalue weighted by atomic mass is 9.74. The predicted molar refractivity (Wildman–Crippen MR) is 103 cm³/mol. The van der Waals surface area contributed by atoms with E-state index in [1.54, 1.807) is 51.4 Å². The second-order valence-corrected chi connectivity index (χ2v) is 9.94. The molecule has 4 rings (SSSR count). The van der Waals surface area contributed by atoms with Gasteiger partial charge in [0, 0.05) is 6.54 Å². The summed E-state index contributed by atoms with van der Waals surface area (Å²) >= 11 is 0. The van der Waals surface area contributed by atoms with Crippen molar-refractivity contribution in [3.63, 3.8) is 0 Å². The Bertz CT molecular complexity index is 338. The number of hydrogen-bond acceptors (Lipinski definition) is 1. The number of rotatable bonds is 8. The van der Waals surface area contributed by atoms with Gasteiger partial charge in [0.2, 0.25) is 0 Å². The van der Waals surface area contributed by atoms with Crippen molar-refractivity contribution in [2.24, 2.45) is 29.6 Å². The summed E-state index contributed by atoms with van der Waals surface area (Å²) in [5.41, 5.74) is 0. The van der Waals surface area contributed by atoms with Gasteiger partial charge in [0.25, 0.3) is 0 Å². The summed E-state index contributed by atoms with van der Waals surface area (Å²) in [6.07, 6.45) is 23.1. The van der Waals surface area contributed by atoms with Crippen LogP contribution < -0.4 is 0 Å². The molecule has 0 aromatic heterocycles. The topological polar surface area (TPSA) is 3.24 Å². The minimum absolute atomic E-state index is 1.06. The molecule has 0 aromatic rings. The van der Waals surface area contributed by atoms with Crippen LogP contribution in [-0.2, 0) is 0 Å². The SMILES string of the molecule is C1CC(CCC2CCN(CC3CCC3)CCC2CCC2CCC2)C1. The van der Waals surface area contributed by atoms with Crippen LogP contribution in [0.15, 0.2) is 0 Å². The van der Waals surface area contributed by atoms with Gasteiger partial charge < -0.3 is 4.90 Å². The zero-order chi connectivity index (χ0) is 16.2. The third kappa shape index (κ3) is 4.57. The van der Waals surface area contributed by atoms with Crippen molar-refractivity contribution in [1.82, 2.24) is 4.90 Å². The molecule has 1 heteroatoms. The third-order valence-corrected chi connectivity index (χ3v) is 8.38. The summed E-state index contributed by atoms with van der Waals surface area (Å²) < 4.78 is 0. The van der Waals surface area contributed by atoms with Gasteiger partial charge in [-0.2, -0.15) is 0 Å². The maximum atomic E-state index is 2.86. The summed E-state index contributed by atoms with van der Waals surface area (Å²) in [7, 11) is 0. The lowest BCUT2D eigenvalue weighted by Crippen LogP contribution is -2.33. The van der Waals surface area contributed by atoms with Crippen molar-refractivity contribution in [3.05, 3.63) is 0 Å². The first kappa shape index (κ1) is 17.4. The molecule has 3 aliphatic carbocycles. The van der Waals surface area contributed by atoms with E-state index in [4.69, 9.17) is 0 Å². The van der Waals surface area contributed by atoms with Crippen molar-refractivity contribution in [2.45, 2.75) is 96.3 Å². The molecule has 1 aliphatic heterocycles. The van der Waals surface area contributed by atoms with E-state index in [0.29, 0.717) is 0 Å². The molecule has 0 radical (unpaired) electrons. The van der Waals surface area contributed by atoms with Gasteiger partial charge in [-0.3, -0.25) is 0 Å². The Kier molecular flexibility index (Phi) is 6.20. The first-order chi connectivity index (χ1) is 11.9. The smallest absolute Gasteiger partial charge is 0.000966 e. The molecule has 1 heterocycles. The van der Waals surface area contributed by atoms with Gasteiger partial charge in [-0.1, -0.05) is 57.8 Å². The summed E-state index contributed by atoms with van der Waals surface area (Å²) in [4.78, 5) is 2.86. The van der Waals surface area contributed by atoms with Crippen LogP contribution in [0.5, 0.6) is 0 Å². The van der Waals surface area contributed by atoms with Crippen LogP contribution in [0.25, 0.3) is 0 Å². The average molecular weight is 332 g/mol. The fraction of sp³-hybridized carbons (Fsp3) is 1.00. The van der Waals surface area contributed by atoms with Gasteiger partial charge >= 0.3 is 0 Å². The molecular formula is C23H41N. The molecule has 1 saturated heterocycles. The van der Waals surface area contributed by atoms with E-state index < -0.39 is 0 Å². The van der Waals surface area contributed by atoms with E-state index in [1.807, 2.05) is 0 Å². The Morgan fingerprint density at radius 2 is 0.958 bits per heavy atom. The Balaban J connectivity index is 1.27. The molecule has 0 bridgehead atoms. The lowest BCUT2D eigenvalue weighted by Gasteiger charge is -2.32. The van der Waals surface area contributed by atoms with E-state index in [1.165, 1.54) is 64.6 Å². The van der Waals surface area contributed by atoms with Crippen LogP contribution >= 0.6 is 0 Å². The van der Waals surface area contributed by atoms with Gasteiger partial charge in [-0.15, -0.1) is 0 Å². The Labute approximate surface area is 151 Å². The molecular weight excluding hydrogens is 290 g/mol. The van der Waals surface area contributed by atoms with Crippen LogP contribution in [-0.4, -0.2) is 24.5 Å². The number of likely N-dealkylation sites (tertiary alicyclic amines) is 1. The molecule has 1 nitrogen and oxygen atoms in total. The van der Waals surface area contributed by atoms with Crippen LogP contribution in [0, 0.1) is 29.6 Å². The van der Waals surface area contributed by atoms with Crippen molar-refractivity contribution >= 4 is 0 Å². The second kappa shape index (κ2) is 8.56. The maximum absolute atomic E-state index is 2.86. The molecule has 24 heavy (non-hydrogen) atoms. The van der Waals surface area contributed by atoms with Gasteiger partial charge in [0.1, 0.15) is 0 Å². The van der Waals surface area contributed by atoms with Gasteiger partial charge in [-0.25, -0.2) is 0 Å². The number of nitrogens with zero attached hydrogens (tertiary/aromatic N) is 1. The van der Waals surface area contributed by atoms with Crippen LogP contribution in [0.1, 0.15) is 96.3 Å². The van der Waals surface area contributed by atoms with E-state index in [-0.39, 0.29) is 0 Å². The summed E-state index contributed by atoms with van der Waals surface area (Å²) in [5, 5.41) is 0. The minimum Gasteiger partial charge on any atom is -0.303 e. The highest BCUT2D eigenvalue weighted by molar-refractivity contribution is 4.83. The predicted octanol–water partition coefficient (Wildman–Crippen LogP) is 6.28. The lowest BCUT2D eigenvalue weighted by molar-refractivity contribution is 0.179. The van der Waals surface area contributed by atoms with E-state index in [9.17, 15) is 0 Å². The van der Waals surface area contributed by atoms with E-state index in [2.05, 4.69) is 4.90 Å². The zero-order valence-corrected chi connectivity index (χ0v) is 16.1. The number of hydrogen-bond donors (Lipinski definition) is 0. The molecule has 0 spiro atoms. The molecule has 138 valence electrons. The largest absolute Gasteiger partial charge is 0.303 e. The highest BCUT2D eigenvalue weighted by Crippen LogP contribution is 2.40. The monoisotopic (exact) mass is 331 g/mol. The fourth-order valence-electron chi connectivity index (χ4n) is 5.73. The van der Waals surface area contributed by atoms with Gasteiger partial charge in [-0.05, 0) is 81.2 Å². The zero-order valence-electron chi connectivity index (χ0n) is 16.1. The van der Waals surface area contributed by atoms with Crippen molar-refractivity contribution in [3.8, 4) is 0 Å². The quantitative estimate of drug-likeness (QED) is 0.506. The Morgan fingerprint density at radius 1 is 0.500 bits per heavy atom. The maximum Gasteiger partial charge on any atom is 0.000966 e. The summed E-state index contributed by atoms with van der Waals surface area (Å²) in [5.74, 6) is 5.43. The average Bonchev–Trinajstić information content (AvgIpc) is 2.63. The molecule has 2 unspecified atom stereocenters. The Morgan fingerprint density at radius 3 is 1.33 bits per heavy atom. The molecule has 0 aromatic carbocycles. The molecule has 3 saturated carbocycles. The standard InChI is InChI=1S/C23H41N/c1-4-19(5-1)10-12-22-14-16-24(18-21-8-3-9-21)17-15-23(22)13-11-20-6-2-7-20/h19-23H,1-18H2. The van der Waals surface area contributed by atoms with Gasteiger partial charge in [0.05, 0.1) is 0 Å². The third-order valence-electron chi connectivity index (χ3n) is 8.38. The van der Waals surface area contributed by atoms with Crippen LogP contribution in [0.4, 0.5) is 0 Å². The van der Waals surface area contributed by atoms with Crippen LogP contribution in [0.3, 0.4) is 0 Å². The molecule has 4 aliphatic rings. The van der Waals surface area contributed by atoms with E-state index >= 15 is 0 Å². The summed E-state index contributed by atoms with van der Waals surface area (Å²) in [6.45, 7) is 4.28. The summed E-state index contributed by atoms with van der Waals surface area (Å²) in [6, 6.07) is 0. The molecule has 0 amide bonds. The molecule has 2 atom stereocenters. The first-order valence-electron chi connectivity index (χ1n) is 11.6. The van der Waals surface area contributed by atoms with Crippen molar-refractivity contribution < 1.29 is 0 Å². The highest BCUT2D eigenvalue weighted by atomic mass is 15.1. The van der Waals surface area contributed by atoms with Gasteiger partial charge in [0.15, 0.2) is 0 Å². The fourth-order valence-corrected chi connectivity index (χ4v) is 5.73. The highest BCUT2D eigenvalue weighted by Gasteiger charge is 2.30. The second-order valence-electron chi connectivity index (χ2n) is 9.94.